The predicted molar refractivity (Wildman–Crippen MR) is 105 cm³/mol. The lowest BCUT2D eigenvalue weighted by Gasteiger charge is -2.23. The molecule has 1 nitrogen and oxygen atoms in total. The molecule has 1 heterocycles. The second-order valence-corrected chi connectivity index (χ2v) is 8.12. The molecule has 0 amide bonds. The number of pyridine rings is 1. The zero-order valence-electron chi connectivity index (χ0n) is 17.1. The van der Waals surface area contributed by atoms with Crippen LogP contribution < -0.4 is 0 Å². The molecular formula is C23H30F3N. The minimum Gasteiger partial charge on any atom is -0.261 e. The van der Waals surface area contributed by atoms with Crippen LogP contribution in [0.2, 0.25) is 0 Å². The van der Waals surface area contributed by atoms with Gasteiger partial charge < -0.3 is 0 Å². The van der Waals surface area contributed by atoms with E-state index >= 15 is 0 Å². The van der Waals surface area contributed by atoms with Gasteiger partial charge in [-0.3, -0.25) is 4.98 Å². The van der Waals surface area contributed by atoms with Crippen molar-refractivity contribution in [3.8, 4) is 0 Å². The summed E-state index contributed by atoms with van der Waals surface area (Å²) in [5.74, 6) is -0.909. The molecule has 0 radical (unpaired) electrons. The summed E-state index contributed by atoms with van der Waals surface area (Å²) in [5.41, 5.74) is 4.33. The molecule has 1 aromatic heterocycles. The van der Waals surface area contributed by atoms with E-state index in [0.717, 1.165) is 16.8 Å². The Morgan fingerprint density at radius 3 is 2.04 bits per heavy atom. The average Bonchev–Trinajstić information content (AvgIpc) is 2.59. The monoisotopic (exact) mass is 377 g/mol. The van der Waals surface area contributed by atoms with Crippen LogP contribution >= 0.6 is 0 Å². The Balaban J connectivity index is 2.37. The smallest absolute Gasteiger partial charge is 0.261 e. The van der Waals surface area contributed by atoms with E-state index in [2.05, 4.69) is 31.8 Å². The van der Waals surface area contributed by atoms with Gasteiger partial charge in [0.1, 0.15) is 0 Å². The third-order valence-corrected chi connectivity index (χ3v) is 5.23. The number of nitrogens with zero attached hydrogens (tertiary/aromatic N) is 1. The fourth-order valence-electron chi connectivity index (χ4n) is 3.61. The van der Waals surface area contributed by atoms with Crippen LogP contribution in [0.5, 0.6) is 0 Å². The van der Waals surface area contributed by atoms with Crippen LogP contribution in [0.25, 0.3) is 0 Å². The lowest BCUT2D eigenvalue weighted by molar-refractivity contribution is -0.146. The van der Waals surface area contributed by atoms with Gasteiger partial charge in [0, 0.05) is 17.8 Å². The van der Waals surface area contributed by atoms with Crippen molar-refractivity contribution in [1.29, 1.82) is 0 Å². The van der Waals surface area contributed by atoms with Crippen molar-refractivity contribution in [2.24, 2.45) is 0 Å². The zero-order chi connectivity index (χ0) is 20.4. The topological polar surface area (TPSA) is 12.9 Å². The van der Waals surface area contributed by atoms with Crippen LogP contribution in [-0.4, -0.2) is 11.2 Å². The maximum absolute atomic E-state index is 13.4. The van der Waals surface area contributed by atoms with E-state index in [9.17, 15) is 13.2 Å². The standard InChI is InChI=1S/C23H30F3N/c1-14(2)19-10-9-18(13-21(19)17(6)23(24,25)26)12-16(5)22-20(15(3)4)8-7-11-27-22/h7-11,13-17H,12H2,1-6H3. The van der Waals surface area contributed by atoms with Crippen molar-refractivity contribution in [3.05, 3.63) is 64.5 Å². The lowest BCUT2D eigenvalue weighted by Crippen LogP contribution is -2.20. The molecule has 27 heavy (non-hydrogen) atoms. The maximum atomic E-state index is 13.4. The lowest BCUT2D eigenvalue weighted by atomic mass is 9.85. The summed E-state index contributed by atoms with van der Waals surface area (Å²) in [6.07, 6.45) is -1.77. The van der Waals surface area contributed by atoms with Crippen LogP contribution in [0.1, 0.15) is 93.2 Å². The fourth-order valence-corrected chi connectivity index (χ4v) is 3.61. The number of aromatic nitrogens is 1. The van der Waals surface area contributed by atoms with Crippen LogP contribution in [0.15, 0.2) is 36.5 Å². The molecule has 2 rings (SSSR count). The largest absolute Gasteiger partial charge is 0.395 e. The Hall–Kier alpha value is -1.84. The minimum atomic E-state index is -4.24. The number of hydrogen-bond acceptors (Lipinski definition) is 1. The van der Waals surface area contributed by atoms with E-state index in [0.29, 0.717) is 17.9 Å². The molecule has 0 aliphatic heterocycles. The third kappa shape index (κ3) is 5.12. The molecule has 0 spiro atoms. The summed E-state index contributed by atoms with van der Waals surface area (Å²) in [5, 5.41) is 0. The molecule has 4 heteroatoms. The maximum Gasteiger partial charge on any atom is 0.395 e. The van der Waals surface area contributed by atoms with Crippen molar-refractivity contribution < 1.29 is 13.2 Å². The summed E-state index contributed by atoms with van der Waals surface area (Å²) < 4.78 is 40.1. The molecule has 2 unspecified atom stereocenters. The number of hydrogen-bond donors (Lipinski definition) is 0. The van der Waals surface area contributed by atoms with Crippen molar-refractivity contribution >= 4 is 0 Å². The molecule has 2 aromatic rings. The summed E-state index contributed by atoms with van der Waals surface area (Å²) in [6, 6.07) is 9.61. The molecule has 0 fully saturated rings. The van der Waals surface area contributed by atoms with Gasteiger partial charge >= 0.3 is 6.18 Å². The highest BCUT2D eigenvalue weighted by atomic mass is 19.4. The summed E-state index contributed by atoms with van der Waals surface area (Å²) in [4.78, 5) is 4.56. The van der Waals surface area contributed by atoms with Crippen LogP contribution in [-0.2, 0) is 6.42 Å². The molecule has 0 N–H and O–H groups in total. The second kappa shape index (κ2) is 8.45. The molecule has 0 saturated carbocycles. The highest BCUT2D eigenvalue weighted by Gasteiger charge is 2.38. The summed E-state index contributed by atoms with van der Waals surface area (Å²) in [6.45, 7) is 11.5. The Morgan fingerprint density at radius 1 is 0.852 bits per heavy atom. The summed E-state index contributed by atoms with van der Waals surface area (Å²) >= 11 is 0. The number of alkyl halides is 3. The fraction of sp³-hybridized carbons (Fsp3) is 0.522. The van der Waals surface area contributed by atoms with Crippen molar-refractivity contribution in [1.82, 2.24) is 4.98 Å². The number of halogens is 3. The normalized spacial score (nSPS) is 14.6. The van der Waals surface area contributed by atoms with Crippen molar-refractivity contribution in [2.75, 3.05) is 0 Å². The van der Waals surface area contributed by atoms with E-state index in [1.54, 1.807) is 12.3 Å². The first kappa shape index (κ1) is 21.5. The highest BCUT2D eigenvalue weighted by Crippen LogP contribution is 2.39. The molecule has 0 aliphatic rings. The van der Waals surface area contributed by atoms with Gasteiger partial charge in [0.25, 0.3) is 0 Å². The van der Waals surface area contributed by atoms with E-state index < -0.39 is 12.1 Å². The second-order valence-electron chi connectivity index (χ2n) is 8.12. The Bertz CT molecular complexity index is 762. The first-order chi connectivity index (χ1) is 12.5. The zero-order valence-corrected chi connectivity index (χ0v) is 17.1. The number of rotatable bonds is 6. The Morgan fingerprint density at radius 2 is 1.48 bits per heavy atom. The van der Waals surface area contributed by atoms with Crippen LogP contribution in [0.3, 0.4) is 0 Å². The molecule has 2 atom stereocenters. The van der Waals surface area contributed by atoms with Crippen molar-refractivity contribution in [2.45, 2.75) is 77.8 Å². The Labute approximate surface area is 161 Å². The molecule has 1 aromatic carbocycles. The first-order valence-corrected chi connectivity index (χ1v) is 9.66. The van der Waals surface area contributed by atoms with E-state index in [1.807, 2.05) is 32.0 Å². The van der Waals surface area contributed by atoms with Gasteiger partial charge in [-0.15, -0.1) is 0 Å². The van der Waals surface area contributed by atoms with Gasteiger partial charge in [0.15, 0.2) is 0 Å². The molecule has 148 valence electrons. The van der Waals surface area contributed by atoms with Crippen molar-refractivity contribution in [3.63, 3.8) is 0 Å². The number of benzene rings is 1. The van der Waals surface area contributed by atoms with Gasteiger partial charge in [0.05, 0.1) is 5.92 Å². The molecular weight excluding hydrogens is 347 g/mol. The van der Waals surface area contributed by atoms with E-state index in [4.69, 9.17) is 0 Å². The van der Waals surface area contributed by atoms with Gasteiger partial charge in [-0.2, -0.15) is 13.2 Å². The van der Waals surface area contributed by atoms with Gasteiger partial charge in [-0.1, -0.05) is 58.9 Å². The summed E-state index contributed by atoms with van der Waals surface area (Å²) in [7, 11) is 0. The van der Waals surface area contributed by atoms with E-state index in [1.165, 1.54) is 12.5 Å². The molecule has 0 bridgehead atoms. The van der Waals surface area contributed by atoms with Gasteiger partial charge in [-0.05, 0) is 53.5 Å². The first-order valence-electron chi connectivity index (χ1n) is 9.66. The van der Waals surface area contributed by atoms with Crippen LogP contribution in [0.4, 0.5) is 13.2 Å². The molecule has 0 aliphatic carbocycles. The van der Waals surface area contributed by atoms with Gasteiger partial charge in [0.2, 0.25) is 0 Å². The average molecular weight is 377 g/mol. The van der Waals surface area contributed by atoms with E-state index in [-0.39, 0.29) is 11.8 Å². The third-order valence-electron chi connectivity index (χ3n) is 5.23. The highest BCUT2D eigenvalue weighted by molar-refractivity contribution is 5.38. The predicted octanol–water partition coefficient (Wildman–Crippen LogP) is 7.34. The minimum absolute atomic E-state index is 0.0552. The Kier molecular flexibility index (Phi) is 6.72. The SMILES string of the molecule is CC(C)c1ccc(CC(C)c2ncccc2C(C)C)cc1C(C)C(F)(F)F. The quantitative estimate of drug-likeness (QED) is 0.513. The van der Waals surface area contributed by atoms with Crippen LogP contribution in [0, 0.1) is 0 Å². The van der Waals surface area contributed by atoms with Gasteiger partial charge in [-0.25, -0.2) is 0 Å². The molecule has 0 saturated heterocycles.